The molecule has 4 aromatic carbocycles. The van der Waals surface area contributed by atoms with Gasteiger partial charge in [0.05, 0.1) is 31.0 Å². The predicted molar refractivity (Wildman–Crippen MR) is 151 cm³/mol. The van der Waals surface area contributed by atoms with Crippen molar-refractivity contribution in [2.45, 2.75) is 19.0 Å². The Morgan fingerprint density at radius 1 is 0.872 bits per heavy atom. The molecule has 1 unspecified atom stereocenters. The van der Waals surface area contributed by atoms with Crippen LogP contribution in [0.3, 0.4) is 0 Å². The van der Waals surface area contributed by atoms with Gasteiger partial charge in [-0.3, -0.25) is 4.79 Å². The third-order valence-electron chi connectivity index (χ3n) is 6.51. The molecule has 0 fully saturated rings. The molecule has 0 amide bonds. The van der Waals surface area contributed by atoms with Crippen LogP contribution in [-0.2, 0) is 22.5 Å². The minimum absolute atomic E-state index is 0.118. The maximum atomic E-state index is 13.1. The Morgan fingerprint density at radius 2 is 1.59 bits per heavy atom. The molecule has 0 saturated carbocycles. The molecular weight excluding hydrogens is 490 g/mol. The molecule has 1 heterocycles. The molecule has 39 heavy (non-hydrogen) atoms. The fourth-order valence-corrected chi connectivity index (χ4v) is 4.48. The number of methoxy groups -OCH3 is 1. The smallest absolute Gasteiger partial charge is 0.328 e. The Bertz CT molecular complexity index is 1560. The van der Waals surface area contributed by atoms with E-state index in [0.29, 0.717) is 36.4 Å². The third-order valence-corrected chi connectivity index (χ3v) is 6.51. The number of aromatic nitrogens is 2. The average Bonchev–Trinajstić information content (AvgIpc) is 3.40. The Hall–Kier alpha value is -4.91. The molecule has 0 aliphatic heterocycles. The van der Waals surface area contributed by atoms with Crippen LogP contribution in [0.1, 0.15) is 21.5 Å². The number of hydrogen-bond donors (Lipinski definition) is 1. The lowest BCUT2D eigenvalue weighted by molar-refractivity contribution is -0.141. The highest BCUT2D eigenvalue weighted by atomic mass is 16.5. The van der Waals surface area contributed by atoms with E-state index in [-0.39, 0.29) is 5.78 Å². The molecule has 1 atom stereocenters. The number of carbonyl (C=O) groups is 2. The summed E-state index contributed by atoms with van der Waals surface area (Å²) in [4.78, 5) is 30.2. The van der Waals surface area contributed by atoms with E-state index in [1.807, 2.05) is 85.2 Å². The van der Waals surface area contributed by atoms with E-state index < -0.39 is 12.0 Å². The van der Waals surface area contributed by atoms with Gasteiger partial charge in [0.15, 0.2) is 5.78 Å². The topological polar surface area (TPSA) is 82.4 Å². The van der Waals surface area contributed by atoms with Crippen molar-refractivity contribution in [3.05, 3.63) is 126 Å². The van der Waals surface area contributed by atoms with Crippen molar-refractivity contribution in [1.82, 2.24) is 9.55 Å². The van der Waals surface area contributed by atoms with Crippen molar-refractivity contribution in [1.29, 1.82) is 0 Å². The van der Waals surface area contributed by atoms with Gasteiger partial charge in [-0.1, -0.05) is 66.7 Å². The number of benzene rings is 4. The van der Waals surface area contributed by atoms with E-state index in [2.05, 4.69) is 14.9 Å². The molecule has 5 rings (SSSR count). The van der Waals surface area contributed by atoms with Crippen LogP contribution >= 0.6 is 0 Å². The quantitative estimate of drug-likeness (QED) is 0.182. The Kier molecular flexibility index (Phi) is 7.98. The summed E-state index contributed by atoms with van der Waals surface area (Å²) in [7, 11) is 1.36. The van der Waals surface area contributed by atoms with Crippen LogP contribution in [0, 0.1) is 0 Å². The number of ether oxygens (including phenoxy) is 2. The van der Waals surface area contributed by atoms with Gasteiger partial charge in [-0.2, -0.15) is 0 Å². The highest BCUT2D eigenvalue weighted by molar-refractivity contribution is 6.12. The molecule has 7 nitrogen and oxygen atoms in total. The molecule has 7 heteroatoms. The van der Waals surface area contributed by atoms with Gasteiger partial charge in [0.1, 0.15) is 18.4 Å². The molecule has 1 N–H and O–H groups in total. The van der Waals surface area contributed by atoms with Crippen molar-refractivity contribution in [2.75, 3.05) is 19.0 Å². The minimum Gasteiger partial charge on any atom is -0.492 e. The molecule has 0 saturated heterocycles. The second-order valence-electron chi connectivity index (χ2n) is 9.08. The summed E-state index contributed by atoms with van der Waals surface area (Å²) in [6, 6.07) is 31.2. The number of carbonyl (C=O) groups excluding carboxylic acids is 2. The van der Waals surface area contributed by atoms with Gasteiger partial charge in [-0.25, -0.2) is 9.78 Å². The first-order chi connectivity index (χ1) is 19.1. The number of anilines is 1. The predicted octanol–water partition coefficient (Wildman–Crippen LogP) is 5.54. The van der Waals surface area contributed by atoms with Gasteiger partial charge in [-0.15, -0.1) is 0 Å². The van der Waals surface area contributed by atoms with E-state index in [1.54, 1.807) is 24.3 Å². The fraction of sp³-hybridized carbons (Fsp3) is 0.156. The van der Waals surface area contributed by atoms with Crippen LogP contribution in [0.15, 0.2) is 109 Å². The number of imidazole rings is 1. The molecule has 5 aromatic rings. The molecule has 196 valence electrons. The summed E-state index contributed by atoms with van der Waals surface area (Å²) in [5, 5.41) is 3.24. The number of nitrogens with one attached hydrogen (secondary N) is 1. The second-order valence-corrected chi connectivity index (χ2v) is 9.08. The zero-order chi connectivity index (χ0) is 27.0. The Labute approximate surface area is 227 Å². The Morgan fingerprint density at radius 3 is 2.38 bits per heavy atom. The molecule has 0 bridgehead atoms. The van der Waals surface area contributed by atoms with E-state index in [4.69, 9.17) is 9.47 Å². The highest BCUT2D eigenvalue weighted by Gasteiger charge is 2.22. The minimum atomic E-state index is -0.680. The van der Waals surface area contributed by atoms with Crippen molar-refractivity contribution in [3.8, 4) is 5.75 Å². The van der Waals surface area contributed by atoms with Crippen LogP contribution in [0.5, 0.6) is 5.75 Å². The van der Waals surface area contributed by atoms with Crippen LogP contribution in [0.25, 0.3) is 11.0 Å². The molecule has 0 aliphatic rings. The molecular formula is C32H29N3O4. The summed E-state index contributed by atoms with van der Waals surface area (Å²) in [6.45, 7) is 1.18. The van der Waals surface area contributed by atoms with Crippen LogP contribution in [0.2, 0.25) is 0 Å². The van der Waals surface area contributed by atoms with E-state index in [1.165, 1.54) is 7.11 Å². The van der Waals surface area contributed by atoms with E-state index in [0.717, 1.165) is 22.3 Å². The largest absolute Gasteiger partial charge is 0.492 e. The number of hydrogen-bond acceptors (Lipinski definition) is 6. The van der Waals surface area contributed by atoms with Gasteiger partial charge >= 0.3 is 5.97 Å². The van der Waals surface area contributed by atoms with E-state index in [9.17, 15) is 9.59 Å². The van der Waals surface area contributed by atoms with Gasteiger partial charge in [0.25, 0.3) is 0 Å². The number of para-hydroxylation sites is 3. The molecule has 0 spiro atoms. The lowest BCUT2D eigenvalue weighted by Crippen LogP contribution is -2.33. The summed E-state index contributed by atoms with van der Waals surface area (Å²) in [5.41, 5.74) is 4.61. The third kappa shape index (κ3) is 6.15. The lowest BCUT2D eigenvalue weighted by Gasteiger charge is -2.20. The first-order valence-corrected chi connectivity index (χ1v) is 12.8. The normalized spacial score (nSPS) is 11.6. The summed E-state index contributed by atoms with van der Waals surface area (Å²) in [5.74, 6) is 0.210. The molecule has 0 radical (unpaired) electrons. The fourth-order valence-electron chi connectivity index (χ4n) is 4.48. The number of nitrogens with zero attached hydrogens (tertiary/aromatic N) is 2. The van der Waals surface area contributed by atoms with Gasteiger partial charge in [-0.05, 0) is 42.0 Å². The maximum Gasteiger partial charge on any atom is 0.328 e. The van der Waals surface area contributed by atoms with Crippen LogP contribution < -0.4 is 10.1 Å². The maximum absolute atomic E-state index is 13.1. The molecule has 0 aliphatic carbocycles. The van der Waals surface area contributed by atoms with Crippen molar-refractivity contribution in [2.24, 2.45) is 0 Å². The van der Waals surface area contributed by atoms with Gasteiger partial charge in [0.2, 0.25) is 0 Å². The SMILES string of the molecule is COC(=O)C(Cc1ccc(OCCn2cnc3ccccc32)cc1)Nc1ccccc1C(=O)c1ccccc1. The van der Waals surface area contributed by atoms with Crippen LogP contribution in [-0.4, -0.2) is 41.1 Å². The standard InChI is InChI=1S/C32H29N3O4/c1-38-32(37)29(34-27-12-6-5-11-26(27)31(36)24-9-3-2-4-10-24)21-23-15-17-25(18-16-23)39-20-19-35-22-33-28-13-7-8-14-30(28)35/h2-18,22,29,34H,19-21H2,1H3. The Balaban J connectivity index is 1.24. The first kappa shape index (κ1) is 25.7. The van der Waals surface area contributed by atoms with Gasteiger partial charge in [0, 0.05) is 23.2 Å². The van der Waals surface area contributed by atoms with Gasteiger partial charge < -0.3 is 19.4 Å². The van der Waals surface area contributed by atoms with Crippen LogP contribution in [0.4, 0.5) is 5.69 Å². The second kappa shape index (κ2) is 12.1. The number of rotatable bonds is 11. The zero-order valence-corrected chi connectivity index (χ0v) is 21.6. The number of ketones is 1. The van der Waals surface area contributed by atoms with Crippen molar-refractivity contribution < 1.29 is 19.1 Å². The average molecular weight is 520 g/mol. The highest BCUT2D eigenvalue weighted by Crippen LogP contribution is 2.22. The lowest BCUT2D eigenvalue weighted by atomic mass is 10.00. The van der Waals surface area contributed by atoms with Crippen molar-refractivity contribution >= 4 is 28.5 Å². The van der Waals surface area contributed by atoms with Crippen molar-refractivity contribution in [3.63, 3.8) is 0 Å². The summed E-state index contributed by atoms with van der Waals surface area (Å²) < 4.78 is 13.1. The summed E-state index contributed by atoms with van der Waals surface area (Å²) >= 11 is 0. The van der Waals surface area contributed by atoms with E-state index >= 15 is 0 Å². The number of esters is 1. The monoisotopic (exact) mass is 519 g/mol. The molecule has 1 aromatic heterocycles. The zero-order valence-electron chi connectivity index (χ0n) is 21.6. The number of fused-ring (bicyclic) bond motifs is 1. The summed E-state index contributed by atoms with van der Waals surface area (Å²) in [6.07, 6.45) is 2.20. The first-order valence-electron chi connectivity index (χ1n) is 12.8.